The van der Waals surface area contributed by atoms with Crippen molar-refractivity contribution >= 4 is 23.2 Å². The van der Waals surface area contributed by atoms with Crippen molar-refractivity contribution in [1.82, 2.24) is 9.80 Å². The number of benzene rings is 1. The third-order valence-corrected chi connectivity index (χ3v) is 7.12. The summed E-state index contributed by atoms with van der Waals surface area (Å²) in [6, 6.07) is 7.74. The fraction of sp³-hybridized carbons (Fsp3) is 0.538. The molecule has 33 heavy (non-hydrogen) atoms. The van der Waals surface area contributed by atoms with E-state index in [1.54, 1.807) is 28.4 Å². The van der Waals surface area contributed by atoms with Gasteiger partial charge in [-0.25, -0.2) is 4.39 Å². The molecule has 1 aliphatic rings. The van der Waals surface area contributed by atoms with Crippen molar-refractivity contribution in [3.8, 4) is 5.75 Å². The van der Waals surface area contributed by atoms with Crippen LogP contribution in [0.4, 0.5) is 4.39 Å². The summed E-state index contributed by atoms with van der Waals surface area (Å²) in [4.78, 5) is 31.2. The molecule has 1 aromatic heterocycles. The van der Waals surface area contributed by atoms with Gasteiger partial charge in [-0.15, -0.1) is 11.3 Å². The minimum atomic E-state index is -0.315. The van der Waals surface area contributed by atoms with Crippen molar-refractivity contribution in [3.05, 3.63) is 52.0 Å². The number of hydrogen-bond acceptors (Lipinski definition) is 4. The van der Waals surface area contributed by atoms with Crippen molar-refractivity contribution < 1.29 is 18.7 Å². The highest BCUT2D eigenvalue weighted by Gasteiger charge is 2.33. The van der Waals surface area contributed by atoms with Crippen LogP contribution in [0.3, 0.4) is 0 Å². The molecule has 5 nitrogen and oxygen atoms in total. The highest BCUT2D eigenvalue weighted by atomic mass is 32.1. The first kappa shape index (κ1) is 25.2. The molecule has 0 saturated carbocycles. The fourth-order valence-electron chi connectivity index (χ4n) is 4.07. The molecule has 2 atom stereocenters. The van der Waals surface area contributed by atoms with Crippen LogP contribution in [0, 0.1) is 17.7 Å². The monoisotopic (exact) mass is 474 g/mol. The van der Waals surface area contributed by atoms with E-state index in [4.69, 9.17) is 4.74 Å². The lowest BCUT2D eigenvalue weighted by atomic mass is 10.00. The molecule has 0 fully saturated rings. The highest BCUT2D eigenvalue weighted by Crippen LogP contribution is 2.34. The molecule has 7 heteroatoms. The van der Waals surface area contributed by atoms with E-state index in [0.29, 0.717) is 31.2 Å². The van der Waals surface area contributed by atoms with Crippen molar-refractivity contribution in [2.24, 2.45) is 11.8 Å². The standard InChI is InChI=1S/C26H35FN2O3S/c1-5-19(4)15-28(25(30)14-18(2)3)16-26(31)29-12-10-24-22(11-13-33-24)23(29)17-32-21-8-6-20(27)7-9-21/h6-9,11,13,18-19,23H,5,10,12,14-17H2,1-4H3/t19-,23-/m1/s1. The predicted octanol–water partition coefficient (Wildman–Crippen LogP) is 5.31. The zero-order valence-corrected chi connectivity index (χ0v) is 20.9. The Hall–Kier alpha value is -2.41. The molecule has 0 aliphatic carbocycles. The number of fused-ring (bicyclic) bond motifs is 1. The molecule has 3 rings (SSSR count). The number of nitrogens with zero attached hydrogens (tertiary/aromatic N) is 2. The number of carbonyl (C=O) groups is 2. The Morgan fingerprint density at radius 2 is 1.94 bits per heavy atom. The van der Waals surface area contributed by atoms with E-state index in [1.807, 2.05) is 24.1 Å². The molecule has 0 spiro atoms. The zero-order valence-electron chi connectivity index (χ0n) is 20.1. The zero-order chi connectivity index (χ0) is 24.0. The normalized spacial score (nSPS) is 16.4. The Balaban J connectivity index is 1.76. The van der Waals surface area contributed by atoms with Gasteiger partial charge in [-0.1, -0.05) is 34.1 Å². The van der Waals surface area contributed by atoms with Gasteiger partial charge in [0.25, 0.3) is 0 Å². The number of hydrogen-bond donors (Lipinski definition) is 0. The first-order chi connectivity index (χ1) is 15.8. The lowest BCUT2D eigenvalue weighted by molar-refractivity contribution is -0.143. The molecule has 2 aromatic rings. The fourth-order valence-corrected chi connectivity index (χ4v) is 5.00. The van der Waals surface area contributed by atoms with Gasteiger partial charge < -0.3 is 14.5 Å². The van der Waals surface area contributed by atoms with Crippen LogP contribution in [-0.4, -0.2) is 47.9 Å². The number of thiophene rings is 1. The van der Waals surface area contributed by atoms with Crippen LogP contribution >= 0.6 is 11.3 Å². The quantitative estimate of drug-likeness (QED) is 0.469. The maximum absolute atomic E-state index is 13.5. The van der Waals surface area contributed by atoms with Crippen LogP contribution in [0.15, 0.2) is 35.7 Å². The smallest absolute Gasteiger partial charge is 0.242 e. The molecule has 2 amide bonds. The van der Waals surface area contributed by atoms with Crippen LogP contribution in [0.2, 0.25) is 0 Å². The van der Waals surface area contributed by atoms with E-state index in [1.165, 1.54) is 17.0 Å². The second kappa shape index (κ2) is 11.6. The first-order valence-corrected chi connectivity index (χ1v) is 12.7. The molecule has 1 aromatic carbocycles. The first-order valence-electron chi connectivity index (χ1n) is 11.8. The summed E-state index contributed by atoms with van der Waals surface area (Å²) in [6.45, 7) is 9.80. The Bertz CT molecular complexity index is 928. The average Bonchev–Trinajstić information content (AvgIpc) is 3.26. The molecule has 1 aliphatic heterocycles. The number of carbonyl (C=O) groups excluding carboxylic acids is 2. The molecule has 2 heterocycles. The Labute approximate surface area is 200 Å². The van der Waals surface area contributed by atoms with E-state index in [9.17, 15) is 14.0 Å². The molecular formula is C26H35FN2O3S. The molecule has 0 radical (unpaired) electrons. The van der Waals surface area contributed by atoms with Crippen LogP contribution in [-0.2, 0) is 16.0 Å². The Morgan fingerprint density at radius 1 is 1.21 bits per heavy atom. The Morgan fingerprint density at radius 3 is 2.61 bits per heavy atom. The van der Waals surface area contributed by atoms with E-state index in [-0.39, 0.29) is 42.7 Å². The van der Waals surface area contributed by atoms with Gasteiger partial charge in [0.2, 0.25) is 11.8 Å². The molecule has 0 bridgehead atoms. The van der Waals surface area contributed by atoms with Gasteiger partial charge in [0.1, 0.15) is 18.2 Å². The van der Waals surface area contributed by atoms with Gasteiger partial charge in [0.05, 0.1) is 12.6 Å². The van der Waals surface area contributed by atoms with Gasteiger partial charge in [-0.05, 0) is 59.5 Å². The Kier molecular flexibility index (Phi) is 8.89. The van der Waals surface area contributed by atoms with Gasteiger partial charge in [-0.3, -0.25) is 9.59 Å². The summed E-state index contributed by atoms with van der Waals surface area (Å²) in [6.07, 6.45) is 2.20. The van der Waals surface area contributed by atoms with E-state index >= 15 is 0 Å². The lowest BCUT2D eigenvalue weighted by Gasteiger charge is -2.37. The summed E-state index contributed by atoms with van der Waals surface area (Å²) in [7, 11) is 0. The minimum Gasteiger partial charge on any atom is -0.491 e. The summed E-state index contributed by atoms with van der Waals surface area (Å²) in [5, 5.41) is 2.05. The van der Waals surface area contributed by atoms with Crippen molar-refractivity contribution in [1.29, 1.82) is 0 Å². The number of amides is 2. The number of ether oxygens (including phenoxy) is 1. The number of rotatable bonds is 10. The van der Waals surface area contributed by atoms with E-state index in [2.05, 4.69) is 19.9 Å². The third kappa shape index (κ3) is 6.79. The third-order valence-electron chi connectivity index (χ3n) is 6.13. The van der Waals surface area contributed by atoms with Crippen molar-refractivity contribution in [3.63, 3.8) is 0 Å². The molecular weight excluding hydrogens is 439 g/mol. The van der Waals surface area contributed by atoms with Gasteiger partial charge in [-0.2, -0.15) is 0 Å². The molecule has 0 unspecified atom stereocenters. The summed E-state index contributed by atoms with van der Waals surface area (Å²) >= 11 is 1.70. The highest BCUT2D eigenvalue weighted by molar-refractivity contribution is 7.10. The van der Waals surface area contributed by atoms with Crippen LogP contribution in [0.1, 0.15) is 57.0 Å². The van der Waals surface area contributed by atoms with E-state index < -0.39 is 0 Å². The number of halogens is 1. The maximum Gasteiger partial charge on any atom is 0.242 e. The van der Waals surface area contributed by atoms with Gasteiger partial charge in [0, 0.05) is 24.4 Å². The van der Waals surface area contributed by atoms with Crippen molar-refractivity contribution in [2.45, 2.75) is 53.0 Å². The predicted molar refractivity (Wildman–Crippen MR) is 130 cm³/mol. The molecule has 0 saturated heterocycles. The lowest BCUT2D eigenvalue weighted by Crippen LogP contribution is -2.48. The molecule has 0 N–H and O–H groups in total. The topological polar surface area (TPSA) is 49.9 Å². The van der Waals surface area contributed by atoms with Gasteiger partial charge >= 0.3 is 0 Å². The second-order valence-electron chi connectivity index (χ2n) is 9.30. The summed E-state index contributed by atoms with van der Waals surface area (Å²) < 4.78 is 19.2. The summed E-state index contributed by atoms with van der Waals surface area (Å²) in [5.74, 6) is 0.801. The largest absolute Gasteiger partial charge is 0.491 e. The second-order valence-corrected chi connectivity index (χ2v) is 10.3. The molecule has 180 valence electrons. The van der Waals surface area contributed by atoms with Crippen LogP contribution in [0.25, 0.3) is 0 Å². The SMILES string of the molecule is CC[C@@H](C)CN(CC(=O)N1CCc2sccc2[C@H]1COc1ccc(F)cc1)C(=O)CC(C)C. The van der Waals surface area contributed by atoms with E-state index in [0.717, 1.165) is 18.4 Å². The van der Waals surface area contributed by atoms with Gasteiger partial charge in [0.15, 0.2) is 0 Å². The average molecular weight is 475 g/mol. The van der Waals surface area contributed by atoms with Crippen LogP contribution in [0.5, 0.6) is 5.75 Å². The van der Waals surface area contributed by atoms with Crippen molar-refractivity contribution in [2.75, 3.05) is 26.2 Å². The summed E-state index contributed by atoms with van der Waals surface area (Å²) in [5.41, 5.74) is 1.10. The minimum absolute atomic E-state index is 0.0333. The maximum atomic E-state index is 13.5. The van der Waals surface area contributed by atoms with Crippen LogP contribution < -0.4 is 4.74 Å².